The van der Waals surface area contributed by atoms with Gasteiger partial charge in [-0.25, -0.2) is 10.2 Å². The number of hydrogen-bond acceptors (Lipinski definition) is 2. The summed E-state index contributed by atoms with van der Waals surface area (Å²) in [4.78, 5) is 10.2. The molecule has 0 aliphatic heterocycles. The van der Waals surface area contributed by atoms with Crippen molar-refractivity contribution in [2.45, 2.75) is 26.2 Å². The minimum Gasteiger partial charge on any atom is -0.350 e. The smallest absolute Gasteiger partial charge is 0.332 e. The number of amides is 2. The first-order valence-electron chi connectivity index (χ1n) is 3.79. The molecule has 1 saturated carbocycles. The van der Waals surface area contributed by atoms with Gasteiger partial charge in [-0.15, -0.1) is 0 Å². The molecule has 0 spiro atoms. The Kier molecular flexibility index (Phi) is 2.46. The number of primary amides is 1. The first-order chi connectivity index (χ1) is 5.18. The number of rotatable bonds is 1. The highest BCUT2D eigenvalue weighted by Crippen LogP contribution is 2.21. The molecule has 0 bridgehead atoms. The predicted octanol–water partition coefficient (Wildman–Crippen LogP) is 0.831. The van der Waals surface area contributed by atoms with Crippen LogP contribution in [0.25, 0.3) is 0 Å². The third kappa shape index (κ3) is 2.57. The summed E-state index contributed by atoms with van der Waals surface area (Å²) in [6.45, 7) is 2.17. The molecule has 1 unspecified atom stereocenters. The van der Waals surface area contributed by atoms with Crippen LogP contribution in [0, 0.1) is 5.92 Å². The first kappa shape index (κ1) is 8.04. The SMILES string of the molecule is CC1CC/C(=N\NC(N)=O)C1. The zero-order valence-electron chi connectivity index (χ0n) is 6.63. The lowest BCUT2D eigenvalue weighted by Crippen LogP contribution is -2.25. The maximum atomic E-state index is 10.2. The van der Waals surface area contributed by atoms with Gasteiger partial charge in [-0.2, -0.15) is 5.10 Å². The average Bonchev–Trinajstić information content (AvgIpc) is 2.31. The molecule has 0 radical (unpaired) electrons. The Labute approximate surface area is 65.8 Å². The van der Waals surface area contributed by atoms with Crippen molar-refractivity contribution in [3.63, 3.8) is 0 Å². The lowest BCUT2D eigenvalue weighted by atomic mass is 10.1. The van der Waals surface area contributed by atoms with Gasteiger partial charge in [0, 0.05) is 5.71 Å². The largest absolute Gasteiger partial charge is 0.350 e. The third-order valence-electron chi connectivity index (χ3n) is 1.83. The van der Waals surface area contributed by atoms with E-state index in [2.05, 4.69) is 17.5 Å². The van der Waals surface area contributed by atoms with Crippen LogP contribution in [0.5, 0.6) is 0 Å². The van der Waals surface area contributed by atoms with Crippen LogP contribution in [0.3, 0.4) is 0 Å². The highest BCUT2D eigenvalue weighted by Gasteiger charge is 2.15. The number of nitrogens with two attached hydrogens (primary N) is 1. The van der Waals surface area contributed by atoms with E-state index in [4.69, 9.17) is 5.73 Å². The third-order valence-corrected chi connectivity index (χ3v) is 1.83. The Morgan fingerprint density at radius 1 is 1.82 bits per heavy atom. The van der Waals surface area contributed by atoms with E-state index in [9.17, 15) is 4.79 Å². The monoisotopic (exact) mass is 155 g/mol. The van der Waals surface area contributed by atoms with Crippen LogP contribution in [0.1, 0.15) is 26.2 Å². The Balaban J connectivity index is 2.36. The van der Waals surface area contributed by atoms with Gasteiger partial charge in [0.1, 0.15) is 0 Å². The van der Waals surface area contributed by atoms with Crippen LogP contribution in [0.2, 0.25) is 0 Å². The average molecular weight is 155 g/mol. The normalized spacial score (nSPS) is 27.4. The molecule has 0 aromatic carbocycles. The summed E-state index contributed by atoms with van der Waals surface area (Å²) in [6, 6.07) is -0.586. The first-order valence-corrected chi connectivity index (χ1v) is 3.79. The molecule has 1 atom stereocenters. The second kappa shape index (κ2) is 3.37. The number of nitrogens with one attached hydrogen (secondary N) is 1. The van der Waals surface area contributed by atoms with Gasteiger partial charge in [0.15, 0.2) is 0 Å². The van der Waals surface area contributed by atoms with Crippen LogP contribution in [0.4, 0.5) is 4.79 Å². The van der Waals surface area contributed by atoms with E-state index in [1.165, 1.54) is 6.42 Å². The van der Waals surface area contributed by atoms with E-state index < -0.39 is 6.03 Å². The van der Waals surface area contributed by atoms with Crippen molar-refractivity contribution < 1.29 is 4.79 Å². The summed E-state index contributed by atoms with van der Waals surface area (Å²) in [5.41, 5.74) is 8.14. The molecule has 1 aliphatic rings. The second-order valence-electron chi connectivity index (χ2n) is 3.00. The van der Waals surface area contributed by atoms with Gasteiger partial charge in [0.05, 0.1) is 0 Å². The van der Waals surface area contributed by atoms with Crippen LogP contribution in [-0.4, -0.2) is 11.7 Å². The Morgan fingerprint density at radius 2 is 2.55 bits per heavy atom. The molecule has 0 aromatic heterocycles. The summed E-state index contributed by atoms with van der Waals surface area (Å²) < 4.78 is 0. The quantitative estimate of drug-likeness (QED) is 0.541. The zero-order valence-corrected chi connectivity index (χ0v) is 6.63. The van der Waals surface area contributed by atoms with Crippen molar-refractivity contribution in [3.05, 3.63) is 0 Å². The summed E-state index contributed by atoms with van der Waals surface area (Å²) >= 11 is 0. The molecule has 11 heavy (non-hydrogen) atoms. The summed E-state index contributed by atoms with van der Waals surface area (Å²) in [6.07, 6.45) is 3.14. The van der Waals surface area contributed by atoms with Crippen molar-refractivity contribution in [3.8, 4) is 0 Å². The van der Waals surface area contributed by atoms with E-state index in [0.29, 0.717) is 5.92 Å². The van der Waals surface area contributed by atoms with Crippen molar-refractivity contribution in [2.24, 2.45) is 16.8 Å². The van der Waals surface area contributed by atoms with Gasteiger partial charge in [0.2, 0.25) is 0 Å². The highest BCUT2D eigenvalue weighted by atomic mass is 16.2. The Morgan fingerprint density at radius 3 is 3.00 bits per heavy atom. The fourth-order valence-corrected chi connectivity index (χ4v) is 1.26. The predicted molar refractivity (Wildman–Crippen MR) is 43.2 cm³/mol. The Bertz CT molecular complexity index is 188. The van der Waals surface area contributed by atoms with Crippen LogP contribution < -0.4 is 11.2 Å². The molecule has 4 heteroatoms. The summed E-state index contributed by atoms with van der Waals surface area (Å²) in [5, 5.41) is 3.87. The van der Waals surface area contributed by atoms with Crippen LogP contribution >= 0.6 is 0 Å². The lowest BCUT2D eigenvalue weighted by molar-refractivity contribution is 0.249. The molecule has 1 rings (SSSR count). The van der Waals surface area contributed by atoms with Gasteiger partial charge in [0.25, 0.3) is 0 Å². The minimum atomic E-state index is -0.586. The summed E-state index contributed by atoms with van der Waals surface area (Å²) in [7, 11) is 0. The molecule has 62 valence electrons. The van der Waals surface area contributed by atoms with Crippen molar-refractivity contribution >= 4 is 11.7 Å². The maximum Gasteiger partial charge on any atom is 0.332 e. The number of nitrogens with zero attached hydrogens (tertiary/aromatic N) is 1. The molecule has 3 N–H and O–H groups in total. The molecular weight excluding hydrogens is 142 g/mol. The van der Waals surface area contributed by atoms with Crippen molar-refractivity contribution in [1.29, 1.82) is 0 Å². The number of carbonyl (C=O) groups excluding carboxylic acids is 1. The highest BCUT2D eigenvalue weighted by molar-refractivity contribution is 5.87. The fourth-order valence-electron chi connectivity index (χ4n) is 1.26. The Hall–Kier alpha value is -1.06. The molecule has 0 saturated heterocycles. The van der Waals surface area contributed by atoms with E-state index in [-0.39, 0.29) is 0 Å². The molecule has 1 fully saturated rings. The summed E-state index contributed by atoms with van der Waals surface area (Å²) in [5.74, 6) is 0.698. The topological polar surface area (TPSA) is 67.5 Å². The van der Waals surface area contributed by atoms with E-state index in [0.717, 1.165) is 18.6 Å². The second-order valence-corrected chi connectivity index (χ2v) is 3.00. The zero-order chi connectivity index (χ0) is 8.27. The number of urea groups is 1. The van der Waals surface area contributed by atoms with Gasteiger partial charge in [-0.05, 0) is 25.2 Å². The van der Waals surface area contributed by atoms with Crippen molar-refractivity contribution in [1.82, 2.24) is 5.43 Å². The van der Waals surface area contributed by atoms with Crippen molar-refractivity contribution in [2.75, 3.05) is 0 Å². The molecule has 1 aliphatic carbocycles. The standard InChI is InChI=1S/C7H13N3O/c1-5-2-3-6(4-5)9-10-7(8)11/h5H,2-4H2,1H3,(H3,8,10,11)/b9-6+. The van der Waals surface area contributed by atoms with Crippen LogP contribution in [0.15, 0.2) is 5.10 Å². The van der Waals surface area contributed by atoms with Gasteiger partial charge < -0.3 is 5.73 Å². The number of hydrazone groups is 1. The molecular formula is C7H13N3O. The maximum absolute atomic E-state index is 10.2. The molecule has 2 amide bonds. The number of carbonyl (C=O) groups is 1. The molecule has 0 heterocycles. The van der Waals surface area contributed by atoms with E-state index in [1.54, 1.807) is 0 Å². The fraction of sp³-hybridized carbons (Fsp3) is 0.714. The minimum absolute atomic E-state index is 0.586. The van der Waals surface area contributed by atoms with E-state index >= 15 is 0 Å². The van der Waals surface area contributed by atoms with Crippen LogP contribution in [-0.2, 0) is 0 Å². The van der Waals surface area contributed by atoms with Gasteiger partial charge in [-0.1, -0.05) is 6.92 Å². The van der Waals surface area contributed by atoms with Gasteiger partial charge >= 0.3 is 6.03 Å². The lowest BCUT2D eigenvalue weighted by Gasteiger charge is -1.96. The molecule has 4 nitrogen and oxygen atoms in total. The number of hydrogen-bond donors (Lipinski definition) is 2. The molecule has 0 aromatic rings. The van der Waals surface area contributed by atoms with Gasteiger partial charge in [-0.3, -0.25) is 0 Å². The van der Waals surface area contributed by atoms with E-state index in [1.807, 2.05) is 0 Å².